The van der Waals surface area contributed by atoms with Crippen LogP contribution in [0.3, 0.4) is 0 Å². The van der Waals surface area contributed by atoms with Crippen molar-refractivity contribution in [1.82, 2.24) is 9.97 Å². The Kier molecular flexibility index (Phi) is 3.68. The Bertz CT molecular complexity index is 517. The predicted octanol–water partition coefficient (Wildman–Crippen LogP) is 3.30. The molecule has 3 rings (SSSR count). The van der Waals surface area contributed by atoms with Gasteiger partial charge in [-0.2, -0.15) is 0 Å². The van der Waals surface area contributed by atoms with Gasteiger partial charge in [0.1, 0.15) is 11.6 Å². The molecule has 1 aliphatic carbocycles. The lowest BCUT2D eigenvalue weighted by Crippen LogP contribution is -2.37. The first kappa shape index (κ1) is 14.8. The zero-order valence-electron chi connectivity index (χ0n) is 13.8. The number of piperidine rings is 1. The Morgan fingerprint density at radius 1 is 1.24 bits per heavy atom. The number of hydrogen-bond donors (Lipinski definition) is 0. The molecule has 0 atom stereocenters. The molecule has 0 aromatic carbocycles. The number of ether oxygens (including phenoxy) is 1. The number of hydrogen-bond acceptors (Lipinski definition) is 4. The summed E-state index contributed by atoms with van der Waals surface area (Å²) in [6.07, 6.45) is 5.47. The van der Waals surface area contributed by atoms with E-state index in [0.29, 0.717) is 12.0 Å². The van der Waals surface area contributed by atoms with Crippen molar-refractivity contribution in [2.24, 2.45) is 5.41 Å². The molecule has 1 aromatic rings. The average Bonchev–Trinajstić information content (AvgIpc) is 3.17. The molecule has 2 heterocycles. The number of nitrogens with zero attached hydrogens (tertiary/aromatic N) is 3. The van der Waals surface area contributed by atoms with Gasteiger partial charge in [0.25, 0.3) is 0 Å². The zero-order chi connectivity index (χ0) is 15.1. The van der Waals surface area contributed by atoms with E-state index in [2.05, 4.69) is 36.7 Å². The van der Waals surface area contributed by atoms with Crippen LogP contribution >= 0.6 is 0 Å². The van der Waals surface area contributed by atoms with Crippen molar-refractivity contribution < 1.29 is 4.74 Å². The molecule has 0 radical (unpaired) electrons. The van der Waals surface area contributed by atoms with E-state index in [0.717, 1.165) is 23.9 Å². The van der Waals surface area contributed by atoms with Crippen molar-refractivity contribution in [3.8, 4) is 0 Å². The highest BCUT2D eigenvalue weighted by Crippen LogP contribution is 2.52. The molecule has 0 unspecified atom stereocenters. The number of methoxy groups -OCH3 is 1. The smallest absolute Gasteiger partial charge is 0.136 e. The topological polar surface area (TPSA) is 38.2 Å². The van der Waals surface area contributed by atoms with Crippen molar-refractivity contribution in [3.63, 3.8) is 0 Å². The molecule has 116 valence electrons. The quantitative estimate of drug-likeness (QED) is 0.855. The number of rotatable bonds is 3. The van der Waals surface area contributed by atoms with Gasteiger partial charge < -0.3 is 9.64 Å². The highest BCUT2D eigenvalue weighted by Gasteiger charge is 2.45. The van der Waals surface area contributed by atoms with E-state index in [-0.39, 0.29) is 5.41 Å². The maximum absolute atomic E-state index is 5.28. The SMILES string of the molecule is COCc1cc(N2CCCC3(CC3)C2)nc(C(C)(C)C)n1. The molecule has 1 aliphatic heterocycles. The van der Waals surface area contributed by atoms with Crippen LogP contribution in [-0.4, -0.2) is 30.2 Å². The largest absolute Gasteiger partial charge is 0.378 e. The molecule has 1 spiro atoms. The Hall–Kier alpha value is -1.16. The zero-order valence-corrected chi connectivity index (χ0v) is 13.8. The lowest BCUT2D eigenvalue weighted by Gasteiger charge is -2.34. The number of aromatic nitrogens is 2. The molecule has 2 aliphatic rings. The third-order valence-electron chi connectivity index (χ3n) is 4.67. The van der Waals surface area contributed by atoms with Gasteiger partial charge in [-0.25, -0.2) is 9.97 Å². The fourth-order valence-electron chi connectivity index (χ4n) is 3.19. The summed E-state index contributed by atoms with van der Waals surface area (Å²) < 4.78 is 5.28. The first-order valence-corrected chi connectivity index (χ1v) is 8.04. The summed E-state index contributed by atoms with van der Waals surface area (Å²) in [6.45, 7) is 9.34. The Morgan fingerprint density at radius 2 is 2.00 bits per heavy atom. The molecular weight excluding hydrogens is 262 g/mol. The fraction of sp³-hybridized carbons (Fsp3) is 0.765. The standard InChI is InChI=1S/C17H27N3O/c1-16(2,3)15-18-13(11-21-4)10-14(19-15)20-9-5-6-17(12-20)7-8-17/h10H,5-9,11-12H2,1-4H3. The van der Waals surface area contributed by atoms with E-state index in [9.17, 15) is 0 Å². The second-order valence-electron chi connectivity index (χ2n) is 7.75. The summed E-state index contributed by atoms with van der Waals surface area (Å²) in [6, 6.07) is 2.11. The van der Waals surface area contributed by atoms with Gasteiger partial charge in [-0.1, -0.05) is 20.8 Å². The van der Waals surface area contributed by atoms with Crippen molar-refractivity contribution in [3.05, 3.63) is 17.6 Å². The monoisotopic (exact) mass is 289 g/mol. The molecule has 0 amide bonds. The highest BCUT2D eigenvalue weighted by atomic mass is 16.5. The minimum atomic E-state index is -0.0362. The van der Waals surface area contributed by atoms with Gasteiger partial charge in [-0.05, 0) is 31.1 Å². The van der Waals surface area contributed by atoms with Gasteiger partial charge in [0.2, 0.25) is 0 Å². The summed E-state index contributed by atoms with van der Waals surface area (Å²) in [7, 11) is 1.72. The van der Waals surface area contributed by atoms with Gasteiger partial charge >= 0.3 is 0 Å². The van der Waals surface area contributed by atoms with Crippen molar-refractivity contribution in [2.75, 3.05) is 25.1 Å². The molecular formula is C17H27N3O. The van der Waals surface area contributed by atoms with E-state index in [1.807, 2.05) is 0 Å². The second kappa shape index (κ2) is 5.24. The van der Waals surface area contributed by atoms with Crippen molar-refractivity contribution in [2.45, 2.75) is 58.5 Å². The van der Waals surface area contributed by atoms with Gasteiger partial charge in [-0.3, -0.25) is 0 Å². The molecule has 1 aromatic heterocycles. The van der Waals surface area contributed by atoms with Crippen LogP contribution in [0.5, 0.6) is 0 Å². The summed E-state index contributed by atoms with van der Waals surface area (Å²) in [4.78, 5) is 12.0. The molecule has 0 bridgehead atoms. The van der Waals surface area contributed by atoms with Crippen LogP contribution in [-0.2, 0) is 16.8 Å². The van der Waals surface area contributed by atoms with Crippen LogP contribution in [0.1, 0.15) is 58.0 Å². The van der Waals surface area contributed by atoms with Gasteiger partial charge in [-0.15, -0.1) is 0 Å². The third kappa shape index (κ3) is 3.20. The fourth-order valence-corrected chi connectivity index (χ4v) is 3.19. The molecule has 0 N–H and O–H groups in total. The summed E-state index contributed by atoms with van der Waals surface area (Å²) >= 11 is 0. The van der Waals surface area contributed by atoms with Gasteiger partial charge in [0.05, 0.1) is 12.3 Å². The van der Waals surface area contributed by atoms with Crippen LogP contribution < -0.4 is 4.90 Å². The lowest BCUT2D eigenvalue weighted by molar-refractivity contribution is 0.181. The summed E-state index contributed by atoms with van der Waals surface area (Å²) in [5.74, 6) is 2.01. The molecule has 1 saturated heterocycles. The lowest BCUT2D eigenvalue weighted by atomic mass is 9.94. The second-order valence-corrected chi connectivity index (χ2v) is 7.75. The minimum Gasteiger partial charge on any atom is -0.378 e. The van der Waals surface area contributed by atoms with E-state index in [4.69, 9.17) is 9.72 Å². The first-order chi connectivity index (χ1) is 9.92. The molecule has 4 heteroatoms. The van der Waals surface area contributed by atoms with E-state index in [1.54, 1.807) is 7.11 Å². The first-order valence-electron chi connectivity index (χ1n) is 8.04. The Balaban J connectivity index is 1.91. The van der Waals surface area contributed by atoms with Crippen molar-refractivity contribution in [1.29, 1.82) is 0 Å². The van der Waals surface area contributed by atoms with E-state index >= 15 is 0 Å². The summed E-state index contributed by atoms with van der Waals surface area (Å²) in [5, 5.41) is 0. The van der Waals surface area contributed by atoms with Gasteiger partial charge in [0, 0.05) is 31.7 Å². The van der Waals surface area contributed by atoms with Crippen molar-refractivity contribution >= 4 is 5.82 Å². The van der Waals surface area contributed by atoms with Crippen LogP contribution in [0, 0.1) is 5.41 Å². The normalized spacial score (nSPS) is 20.9. The van der Waals surface area contributed by atoms with Crippen LogP contribution in [0.2, 0.25) is 0 Å². The Labute approximate surface area is 127 Å². The molecule has 1 saturated carbocycles. The predicted molar refractivity (Wildman–Crippen MR) is 84.6 cm³/mol. The molecule has 4 nitrogen and oxygen atoms in total. The average molecular weight is 289 g/mol. The Morgan fingerprint density at radius 3 is 2.62 bits per heavy atom. The third-order valence-corrected chi connectivity index (χ3v) is 4.67. The van der Waals surface area contributed by atoms with Crippen LogP contribution in [0.15, 0.2) is 6.07 Å². The minimum absolute atomic E-state index is 0.0362. The maximum atomic E-state index is 5.28. The van der Waals surface area contributed by atoms with Crippen LogP contribution in [0.25, 0.3) is 0 Å². The summed E-state index contributed by atoms with van der Waals surface area (Å²) in [5.41, 5.74) is 1.56. The van der Waals surface area contributed by atoms with Crippen LogP contribution in [0.4, 0.5) is 5.82 Å². The van der Waals surface area contributed by atoms with E-state index < -0.39 is 0 Å². The molecule has 21 heavy (non-hydrogen) atoms. The maximum Gasteiger partial charge on any atom is 0.136 e. The van der Waals surface area contributed by atoms with Gasteiger partial charge in [0.15, 0.2) is 0 Å². The van der Waals surface area contributed by atoms with E-state index in [1.165, 1.54) is 32.2 Å². The molecule has 2 fully saturated rings. The number of anilines is 1. The highest BCUT2D eigenvalue weighted by molar-refractivity contribution is 5.42.